The number of hydrogen-bond acceptors (Lipinski definition) is 5. The van der Waals surface area contributed by atoms with Gasteiger partial charge >= 0.3 is 5.82 Å². The molecule has 1 aliphatic carbocycles. The van der Waals surface area contributed by atoms with E-state index in [0.717, 1.165) is 12.8 Å². The van der Waals surface area contributed by atoms with Gasteiger partial charge in [-0.05, 0) is 28.7 Å². The molecule has 0 spiro atoms. The molecule has 8 nitrogen and oxygen atoms in total. The molecule has 0 atom stereocenters. The largest absolute Gasteiger partial charge is 0.393 e. The number of rotatable bonds is 6. The van der Waals surface area contributed by atoms with Gasteiger partial charge in [0.25, 0.3) is 0 Å². The van der Waals surface area contributed by atoms with Gasteiger partial charge in [-0.1, -0.05) is 0 Å². The molecule has 19 heavy (non-hydrogen) atoms. The van der Waals surface area contributed by atoms with E-state index < -0.39 is 4.92 Å². The maximum absolute atomic E-state index is 11.5. The molecule has 8 heteroatoms. The molecule has 1 aromatic rings. The highest BCUT2D eigenvalue weighted by Gasteiger charge is 2.27. The zero-order valence-electron chi connectivity index (χ0n) is 10.4. The number of aliphatic hydroxyl groups excluding tert-OH is 1. The van der Waals surface area contributed by atoms with Crippen LogP contribution in [0.15, 0.2) is 12.5 Å². The lowest BCUT2D eigenvalue weighted by Gasteiger charge is -2.31. The van der Waals surface area contributed by atoms with Crippen LogP contribution in [0.3, 0.4) is 0 Å². The lowest BCUT2D eigenvalue weighted by atomic mass is 9.82. The molecule has 0 bridgehead atoms. The molecular formula is C11H16N4O4. The van der Waals surface area contributed by atoms with Gasteiger partial charge in [-0.25, -0.2) is 0 Å². The van der Waals surface area contributed by atoms with Crippen molar-refractivity contribution in [3.05, 3.63) is 22.6 Å². The molecule has 1 amide bonds. The van der Waals surface area contributed by atoms with Crippen LogP contribution in [0.2, 0.25) is 0 Å². The summed E-state index contributed by atoms with van der Waals surface area (Å²) in [5, 5.41) is 22.3. The van der Waals surface area contributed by atoms with Crippen molar-refractivity contribution in [2.45, 2.75) is 31.9 Å². The van der Waals surface area contributed by atoms with Gasteiger partial charge in [0, 0.05) is 19.5 Å². The van der Waals surface area contributed by atoms with E-state index in [1.54, 1.807) is 0 Å². The lowest BCUT2D eigenvalue weighted by Crippen LogP contribution is -2.38. The molecule has 0 unspecified atom stereocenters. The van der Waals surface area contributed by atoms with E-state index >= 15 is 0 Å². The molecule has 1 aliphatic rings. The second-order valence-corrected chi connectivity index (χ2v) is 4.77. The van der Waals surface area contributed by atoms with Gasteiger partial charge in [0.1, 0.15) is 6.20 Å². The topological polar surface area (TPSA) is 110 Å². The Labute approximate surface area is 109 Å². The van der Waals surface area contributed by atoms with Crippen LogP contribution in [0, 0.1) is 16.0 Å². The minimum Gasteiger partial charge on any atom is -0.393 e. The van der Waals surface area contributed by atoms with Gasteiger partial charge in [-0.3, -0.25) is 4.79 Å². The molecule has 0 saturated heterocycles. The molecule has 0 aromatic carbocycles. The van der Waals surface area contributed by atoms with Crippen LogP contribution in [0.25, 0.3) is 0 Å². The summed E-state index contributed by atoms with van der Waals surface area (Å²) in [6.45, 7) is 0.944. The highest BCUT2D eigenvalue weighted by atomic mass is 16.6. The highest BCUT2D eigenvalue weighted by molar-refractivity contribution is 5.75. The Balaban J connectivity index is 1.66. The third kappa shape index (κ3) is 3.75. The first-order valence-electron chi connectivity index (χ1n) is 6.15. The van der Waals surface area contributed by atoms with Gasteiger partial charge in [0.2, 0.25) is 12.2 Å². The first-order chi connectivity index (χ1) is 9.04. The molecule has 104 valence electrons. The van der Waals surface area contributed by atoms with E-state index in [0.29, 0.717) is 19.0 Å². The van der Waals surface area contributed by atoms with Crippen LogP contribution in [-0.4, -0.2) is 38.1 Å². The number of carbonyl (C=O) groups is 1. The zero-order valence-corrected chi connectivity index (χ0v) is 10.4. The van der Waals surface area contributed by atoms with Crippen LogP contribution < -0.4 is 5.32 Å². The molecule has 1 aromatic heterocycles. The number of hydrogen-bond donors (Lipinski definition) is 2. The van der Waals surface area contributed by atoms with Crippen LogP contribution in [0.1, 0.15) is 19.3 Å². The molecule has 1 fully saturated rings. The number of aromatic nitrogens is 2. The van der Waals surface area contributed by atoms with E-state index in [1.165, 1.54) is 17.1 Å². The van der Waals surface area contributed by atoms with Crippen LogP contribution in [0.5, 0.6) is 0 Å². The van der Waals surface area contributed by atoms with Crippen LogP contribution in [0.4, 0.5) is 5.82 Å². The average molecular weight is 268 g/mol. The van der Waals surface area contributed by atoms with Crippen molar-refractivity contribution < 1.29 is 14.8 Å². The number of amides is 1. The number of nitrogens with zero attached hydrogens (tertiary/aromatic N) is 3. The fourth-order valence-electron chi connectivity index (χ4n) is 2.01. The summed E-state index contributed by atoms with van der Waals surface area (Å²) in [4.78, 5) is 25.0. The Morgan fingerprint density at radius 3 is 2.95 bits per heavy atom. The van der Waals surface area contributed by atoms with Crippen LogP contribution in [-0.2, 0) is 11.3 Å². The third-order valence-electron chi connectivity index (χ3n) is 3.20. The van der Waals surface area contributed by atoms with Gasteiger partial charge in [0.15, 0.2) is 0 Å². The van der Waals surface area contributed by atoms with Gasteiger partial charge < -0.3 is 25.1 Å². The fourth-order valence-corrected chi connectivity index (χ4v) is 2.01. The van der Waals surface area contributed by atoms with Crippen molar-refractivity contribution >= 4 is 11.7 Å². The third-order valence-corrected chi connectivity index (χ3v) is 3.20. The normalized spacial score (nSPS) is 21.7. The number of nitro groups is 1. The number of carbonyl (C=O) groups excluding carboxylic acids is 1. The van der Waals surface area contributed by atoms with E-state index in [4.69, 9.17) is 5.11 Å². The summed E-state index contributed by atoms with van der Waals surface area (Å²) in [6, 6.07) is 0. The summed E-state index contributed by atoms with van der Waals surface area (Å²) >= 11 is 0. The molecule has 0 aliphatic heterocycles. The van der Waals surface area contributed by atoms with Gasteiger partial charge in [-0.15, -0.1) is 0 Å². The summed E-state index contributed by atoms with van der Waals surface area (Å²) < 4.78 is 1.52. The highest BCUT2D eigenvalue weighted by Crippen LogP contribution is 2.26. The Morgan fingerprint density at radius 2 is 2.37 bits per heavy atom. The zero-order chi connectivity index (χ0) is 13.8. The maximum atomic E-state index is 11.5. The molecule has 2 N–H and O–H groups in total. The minimum atomic E-state index is -0.571. The van der Waals surface area contributed by atoms with Crippen LogP contribution >= 0.6 is 0 Å². The minimum absolute atomic E-state index is 0.0993. The first kappa shape index (κ1) is 13.5. The number of imidazole rings is 1. The average Bonchev–Trinajstić information content (AvgIpc) is 2.79. The predicted molar refractivity (Wildman–Crippen MR) is 65.2 cm³/mol. The molecule has 1 saturated carbocycles. The van der Waals surface area contributed by atoms with Gasteiger partial charge in [0.05, 0.1) is 6.10 Å². The lowest BCUT2D eigenvalue weighted by molar-refractivity contribution is -0.389. The van der Waals surface area contributed by atoms with Crippen molar-refractivity contribution in [2.75, 3.05) is 6.54 Å². The van der Waals surface area contributed by atoms with E-state index in [-0.39, 0.29) is 24.2 Å². The molecule has 1 heterocycles. The molecule has 0 radical (unpaired) electrons. The fraction of sp³-hybridized carbons (Fsp3) is 0.636. The SMILES string of the molecule is O=C(CCn1cnc([N+](=O)[O-])c1)NCC1CC(O)C1. The summed E-state index contributed by atoms with van der Waals surface area (Å²) in [6.07, 6.45) is 4.17. The van der Waals surface area contributed by atoms with Crippen molar-refractivity contribution in [1.82, 2.24) is 14.9 Å². The smallest absolute Gasteiger partial charge is 0.381 e. The monoisotopic (exact) mass is 268 g/mol. The second kappa shape index (κ2) is 5.79. The van der Waals surface area contributed by atoms with Crippen molar-refractivity contribution in [1.29, 1.82) is 0 Å². The number of nitrogens with one attached hydrogen (secondary N) is 1. The first-order valence-corrected chi connectivity index (χ1v) is 6.15. The standard InChI is InChI=1S/C11H16N4O4/c16-9-3-8(4-9)5-12-11(17)1-2-14-6-10(13-7-14)15(18)19/h6-9,16H,1-5H2,(H,12,17). The van der Waals surface area contributed by atoms with Crippen molar-refractivity contribution in [3.8, 4) is 0 Å². The Bertz CT molecular complexity index is 467. The quantitative estimate of drug-likeness (QED) is 0.560. The van der Waals surface area contributed by atoms with E-state index in [2.05, 4.69) is 10.3 Å². The summed E-state index contributed by atoms with van der Waals surface area (Å²) in [7, 11) is 0. The number of aliphatic hydroxyl groups is 1. The van der Waals surface area contributed by atoms with Crippen molar-refractivity contribution in [2.24, 2.45) is 5.92 Å². The maximum Gasteiger partial charge on any atom is 0.381 e. The number of aryl methyl sites for hydroxylation is 1. The summed E-state index contributed by atoms with van der Waals surface area (Å²) in [5.41, 5.74) is 0. The van der Waals surface area contributed by atoms with E-state index in [9.17, 15) is 14.9 Å². The molecule has 2 rings (SSSR count). The Hall–Kier alpha value is -1.96. The second-order valence-electron chi connectivity index (χ2n) is 4.77. The van der Waals surface area contributed by atoms with Gasteiger partial charge in [-0.2, -0.15) is 0 Å². The van der Waals surface area contributed by atoms with E-state index in [1.807, 2.05) is 0 Å². The summed E-state index contributed by atoms with van der Waals surface area (Å²) in [5.74, 6) is 0.0508. The van der Waals surface area contributed by atoms with Crippen molar-refractivity contribution in [3.63, 3.8) is 0 Å². The Morgan fingerprint density at radius 1 is 1.63 bits per heavy atom. The Kier molecular flexibility index (Phi) is 4.10. The molecular weight excluding hydrogens is 252 g/mol. The predicted octanol–water partition coefficient (Wildman–Crippen LogP) is 0.0685.